The van der Waals surface area contributed by atoms with Crippen LogP contribution in [0.1, 0.15) is 29.5 Å². The lowest BCUT2D eigenvalue weighted by molar-refractivity contribution is -0.148. The summed E-state index contributed by atoms with van der Waals surface area (Å²) in [6.45, 7) is 4.58. The zero-order valence-corrected chi connectivity index (χ0v) is 15.9. The normalized spacial score (nSPS) is 13.0. The van der Waals surface area contributed by atoms with E-state index in [0.29, 0.717) is 6.54 Å². The first-order chi connectivity index (χ1) is 13.1. The molecule has 3 rings (SSSR count). The van der Waals surface area contributed by atoms with Gasteiger partial charge in [-0.15, -0.1) is 0 Å². The fourth-order valence-corrected chi connectivity index (χ4v) is 3.35. The van der Waals surface area contributed by atoms with Gasteiger partial charge in [0.15, 0.2) is 6.61 Å². The van der Waals surface area contributed by atoms with Crippen LogP contribution in [0.4, 0.5) is 5.69 Å². The number of aryl methyl sites for hydroxylation is 3. The SMILES string of the molecule is Cc1cccc(C)c1OCCC(=O)OCC(=O)N1CCCc2ccccc21. The van der Waals surface area contributed by atoms with E-state index in [1.54, 1.807) is 4.90 Å². The molecule has 0 fully saturated rings. The molecule has 0 radical (unpaired) electrons. The molecule has 0 saturated carbocycles. The number of para-hydroxylation sites is 2. The number of carbonyl (C=O) groups excluding carboxylic acids is 2. The highest BCUT2D eigenvalue weighted by Gasteiger charge is 2.23. The van der Waals surface area contributed by atoms with Gasteiger partial charge in [0.05, 0.1) is 13.0 Å². The van der Waals surface area contributed by atoms with Crippen LogP contribution in [0.3, 0.4) is 0 Å². The Balaban J connectivity index is 1.46. The fraction of sp³-hybridized carbons (Fsp3) is 0.364. The van der Waals surface area contributed by atoms with Crippen molar-refractivity contribution >= 4 is 17.6 Å². The Morgan fingerprint density at radius 3 is 2.56 bits per heavy atom. The Labute approximate surface area is 159 Å². The maximum atomic E-state index is 12.5. The highest BCUT2D eigenvalue weighted by molar-refractivity contribution is 5.96. The fourth-order valence-electron chi connectivity index (χ4n) is 3.35. The average molecular weight is 367 g/mol. The summed E-state index contributed by atoms with van der Waals surface area (Å²) >= 11 is 0. The second-order valence-corrected chi connectivity index (χ2v) is 6.76. The summed E-state index contributed by atoms with van der Waals surface area (Å²) in [6, 6.07) is 13.8. The first-order valence-electron chi connectivity index (χ1n) is 9.29. The van der Waals surface area contributed by atoms with Crippen LogP contribution in [0.5, 0.6) is 5.75 Å². The van der Waals surface area contributed by atoms with Crippen molar-refractivity contribution < 1.29 is 19.1 Å². The van der Waals surface area contributed by atoms with Gasteiger partial charge in [-0.05, 0) is 49.4 Å². The molecule has 0 spiro atoms. The van der Waals surface area contributed by atoms with Gasteiger partial charge in [-0.3, -0.25) is 9.59 Å². The predicted molar refractivity (Wildman–Crippen MR) is 104 cm³/mol. The van der Waals surface area contributed by atoms with Crippen LogP contribution in [-0.2, 0) is 20.7 Å². The predicted octanol–water partition coefficient (Wildman–Crippen LogP) is 3.59. The first kappa shape index (κ1) is 19.0. The summed E-state index contributed by atoms with van der Waals surface area (Å²) in [5, 5.41) is 0. The van der Waals surface area contributed by atoms with E-state index >= 15 is 0 Å². The lowest BCUT2D eigenvalue weighted by Gasteiger charge is -2.29. The third-order valence-electron chi connectivity index (χ3n) is 4.73. The summed E-state index contributed by atoms with van der Waals surface area (Å²) in [5.74, 6) is 0.178. The standard InChI is InChI=1S/C22H25NO4/c1-16-7-5-8-17(2)22(16)26-14-12-21(25)27-15-20(24)23-13-6-10-18-9-3-4-11-19(18)23/h3-5,7-9,11H,6,10,12-15H2,1-2H3. The monoisotopic (exact) mass is 367 g/mol. The third kappa shape index (κ3) is 4.67. The molecule has 0 saturated heterocycles. The van der Waals surface area contributed by atoms with Gasteiger partial charge in [0.1, 0.15) is 5.75 Å². The largest absolute Gasteiger partial charge is 0.492 e. The van der Waals surface area contributed by atoms with E-state index in [2.05, 4.69) is 0 Å². The number of benzene rings is 2. The van der Waals surface area contributed by atoms with Gasteiger partial charge in [0.25, 0.3) is 5.91 Å². The van der Waals surface area contributed by atoms with E-state index in [0.717, 1.165) is 41.0 Å². The van der Waals surface area contributed by atoms with E-state index in [9.17, 15) is 9.59 Å². The Morgan fingerprint density at radius 1 is 1.04 bits per heavy atom. The molecule has 0 bridgehead atoms. The van der Waals surface area contributed by atoms with Gasteiger partial charge >= 0.3 is 5.97 Å². The summed E-state index contributed by atoms with van der Waals surface area (Å²) in [4.78, 5) is 26.1. The summed E-state index contributed by atoms with van der Waals surface area (Å²) < 4.78 is 10.9. The zero-order valence-electron chi connectivity index (χ0n) is 15.9. The molecule has 142 valence electrons. The minimum absolute atomic E-state index is 0.109. The molecule has 2 aromatic rings. The number of anilines is 1. The van der Waals surface area contributed by atoms with Crippen LogP contribution >= 0.6 is 0 Å². The highest BCUT2D eigenvalue weighted by Crippen LogP contribution is 2.26. The topological polar surface area (TPSA) is 55.8 Å². The number of nitrogens with zero attached hydrogens (tertiary/aromatic N) is 1. The Hall–Kier alpha value is -2.82. The number of amides is 1. The van der Waals surface area contributed by atoms with Crippen LogP contribution in [0.25, 0.3) is 0 Å². The van der Waals surface area contributed by atoms with Crippen LogP contribution in [-0.4, -0.2) is 31.6 Å². The van der Waals surface area contributed by atoms with Crippen molar-refractivity contribution in [2.24, 2.45) is 0 Å². The molecular weight excluding hydrogens is 342 g/mol. The average Bonchev–Trinajstić information content (AvgIpc) is 2.68. The maximum absolute atomic E-state index is 12.5. The molecule has 0 aromatic heterocycles. The lowest BCUT2D eigenvalue weighted by Crippen LogP contribution is -2.38. The van der Waals surface area contributed by atoms with E-state index in [1.807, 2.05) is 56.3 Å². The molecule has 2 aromatic carbocycles. The minimum Gasteiger partial charge on any atom is -0.492 e. The first-order valence-corrected chi connectivity index (χ1v) is 9.29. The van der Waals surface area contributed by atoms with E-state index in [-0.39, 0.29) is 25.5 Å². The van der Waals surface area contributed by atoms with Gasteiger partial charge in [-0.2, -0.15) is 0 Å². The molecule has 0 N–H and O–H groups in total. The van der Waals surface area contributed by atoms with Crippen molar-refractivity contribution in [2.75, 3.05) is 24.7 Å². The third-order valence-corrected chi connectivity index (χ3v) is 4.73. The Bertz CT molecular complexity index is 811. The molecule has 1 aliphatic rings. The molecule has 5 heteroatoms. The maximum Gasteiger partial charge on any atom is 0.309 e. The Morgan fingerprint density at radius 2 is 1.78 bits per heavy atom. The van der Waals surface area contributed by atoms with E-state index in [1.165, 1.54) is 0 Å². The molecule has 1 aliphatic heterocycles. The quantitative estimate of drug-likeness (QED) is 0.732. The number of fused-ring (bicyclic) bond motifs is 1. The number of hydrogen-bond donors (Lipinski definition) is 0. The second-order valence-electron chi connectivity index (χ2n) is 6.76. The molecule has 0 unspecified atom stereocenters. The van der Waals surface area contributed by atoms with Crippen molar-refractivity contribution in [1.29, 1.82) is 0 Å². The van der Waals surface area contributed by atoms with Crippen molar-refractivity contribution in [1.82, 2.24) is 0 Å². The summed E-state index contributed by atoms with van der Waals surface area (Å²) in [7, 11) is 0. The summed E-state index contributed by atoms with van der Waals surface area (Å²) in [5.41, 5.74) is 4.14. The van der Waals surface area contributed by atoms with Crippen molar-refractivity contribution in [3.05, 3.63) is 59.2 Å². The highest BCUT2D eigenvalue weighted by atomic mass is 16.5. The second kappa shape index (κ2) is 8.71. The van der Waals surface area contributed by atoms with Gasteiger partial charge < -0.3 is 14.4 Å². The van der Waals surface area contributed by atoms with Gasteiger partial charge in [-0.25, -0.2) is 0 Å². The zero-order chi connectivity index (χ0) is 19.2. The number of esters is 1. The van der Waals surface area contributed by atoms with Gasteiger partial charge in [0, 0.05) is 12.2 Å². The van der Waals surface area contributed by atoms with Crippen LogP contribution in [0.2, 0.25) is 0 Å². The number of ether oxygens (including phenoxy) is 2. The van der Waals surface area contributed by atoms with E-state index in [4.69, 9.17) is 9.47 Å². The van der Waals surface area contributed by atoms with Crippen molar-refractivity contribution in [2.45, 2.75) is 33.1 Å². The molecule has 0 atom stereocenters. The molecular formula is C22H25NO4. The summed E-state index contributed by atoms with van der Waals surface area (Å²) in [6.07, 6.45) is 1.99. The number of rotatable bonds is 6. The van der Waals surface area contributed by atoms with Crippen molar-refractivity contribution in [3.63, 3.8) is 0 Å². The minimum atomic E-state index is -0.431. The molecule has 27 heavy (non-hydrogen) atoms. The van der Waals surface area contributed by atoms with Crippen LogP contribution in [0.15, 0.2) is 42.5 Å². The Kier molecular flexibility index (Phi) is 6.12. The molecule has 0 aliphatic carbocycles. The van der Waals surface area contributed by atoms with Crippen LogP contribution in [0, 0.1) is 13.8 Å². The van der Waals surface area contributed by atoms with Gasteiger partial charge in [0.2, 0.25) is 0 Å². The smallest absolute Gasteiger partial charge is 0.309 e. The van der Waals surface area contributed by atoms with Crippen molar-refractivity contribution in [3.8, 4) is 5.75 Å². The van der Waals surface area contributed by atoms with E-state index < -0.39 is 5.97 Å². The molecule has 5 nitrogen and oxygen atoms in total. The molecule has 1 amide bonds. The number of hydrogen-bond acceptors (Lipinski definition) is 4. The molecule has 1 heterocycles. The number of carbonyl (C=O) groups is 2. The lowest BCUT2D eigenvalue weighted by atomic mass is 10.0. The van der Waals surface area contributed by atoms with Crippen LogP contribution < -0.4 is 9.64 Å². The van der Waals surface area contributed by atoms with Gasteiger partial charge in [-0.1, -0.05) is 36.4 Å².